The average molecular weight is 410 g/mol. The van der Waals surface area contributed by atoms with Crippen LogP contribution in [0.15, 0.2) is 36.7 Å². The Labute approximate surface area is 165 Å². The van der Waals surface area contributed by atoms with E-state index in [-0.39, 0.29) is 0 Å². The van der Waals surface area contributed by atoms with Gasteiger partial charge in [0.25, 0.3) is 0 Å². The molecular weight excluding hydrogens is 389 g/mol. The fourth-order valence-electron chi connectivity index (χ4n) is 2.53. The van der Waals surface area contributed by atoms with E-state index in [1.165, 1.54) is 24.5 Å². The smallest absolute Gasteiger partial charge is 0.422 e. The number of hydrogen-bond donors (Lipinski definition) is 2. The third-order valence-electron chi connectivity index (χ3n) is 3.78. The molecule has 0 aliphatic carbocycles. The molecule has 0 atom stereocenters. The van der Waals surface area contributed by atoms with Crippen LogP contribution in [0.4, 0.5) is 35.3 Å². The number of hydrogen-bond acceptors (Lipinski definition) is 7. The summed E-state index contributed by atoms with van der Waals surface area (Å²) in [6.45, 7) is 6.01. The van der Waals surface area contributed by atoms with Crippen molar-refractivity contribution in [2.24, 2.45) is 0 Å². The third-order valence-corrected chi connectivity index (χ3v) is 3.78. The predicted octanol–water partition coefficient (Wildman–Crippen LogP) is 3.72. The Hall–Kier alpha value is -3.08. The molecule has 2 N–H and O–H groups in total. The van der Waals surface area contributed by atoms with Gasteiger partial charge in [-0.2, -0.15) is 18.2 Å². The number of carbonyl (C=O) groups excluding carboxylic acids is 1. The van der Waals surface area contributed by atoms with Gasteiger partial charge in [0, 0.05) is 18.1 Å². The first-order valence-electron chi connectivity index (χ1n) is 8.76. The highest BCUT2D eigenvalue weighted by atomic mass is 19.4. The highest BCUT2D eigenvalue weighted by molar-refractivity contribution is 5.70. The number of ether oxygens (including phenoxy) is 1. The normalized spacial score (nSPS) is 14.9. The topological polar surface area (TPSA) is 82.6 Å². The molecule has 8 nitrogen and oxygen atoms in total. The van der Waals surface area contributed by atoms with Gasteiger partial charge >= 0.3 is 12.3 Å². The molecule has 0 bridgehead atoms. The molecule has 2 aromatic rings. The monoisotopic (exact) mass is 410 g/mol. The highest BCUT2D eigenvalue weighted by Gasteiger charge is 2.31. The number of alkyl halides is 3. The van der Waals surface area contributed by atoms with Crippen molar-refractivity contribution in [3.8, 4) is 0 Å². The Morgan fingerprint density at radius 2 is 1.69 bits per heavy atom. The second kappa shape index (κ2) is 7.74. The van der Waals surface area contributed by atoms with Crippen molar-refractivity contribution < 1.29 is 22.7 Å². The highest BCUT2D eigenvalue weighted by Crippen LogP contribution is 2.31. The minimum absolute atomic E-state index is 0.347. The molecule has 0 unspecified atom stereocenters. The van der Waals surface area contributed by atoms with Crippen molar-refractivity contribution in [3.05, 3.63) is 42.2 Å². The van der Waals surface area contributed by atoms with Gasteiger partial charge in [-0.25, -0.2) is 14.8 Å². The Morgan fingerprint density at radius 3 is 2.28 bits per heavy atom. The van der Waals surface area contributed by atoms with Crippen LogP contribution in [0.25, 0.3) is 0 Å². The lowest BCUT2D eigenvalue weighted by molar-refractivity contribution is -0.137. The zero-order chi connectivity index (χ0) is 21.2. The molecule has 0 spiro atoms. The molecule has 1 aromatic carbocycles. The first-order valence-corrected chi connectivity index (χ1v) is 8.76. The number of anilines is 3. The summed E-state index contributed by atoms with van der Waals surface area (Å²) in [5, 5.41) is 4.60. The Morgan fingerprint density at radius 1 is 1.07 bits per heavy atom. The maximum atomic E-state index is 12.7. The lowest BCUT2D eigenvalue weighted by Crippen LogP contribution is -2.63. The quantitative estimate of drug-likeness (QED) is 0.795. The van der Waals surface area contributed by atoms with E-state index in [4.69, 9.17) is 4.74 Å². The van der Waals surface area contributed by atoms with Crippen molar-refractivity contribution in [2.45, 2.75) is 32.5 Å². The van der Waals surface area contributed by atoms with Crippen molar-refractivity contribution >= 4 is 23.4 Å². The van der Waals surface area contributed by atoms with E-state index in [1.807, 2.05) is 4.90 Å². The maximum Gasteiger partial charge on any atom is 0.422 e. The lowest BCUT2D eigenvalue weighted by atomic mass is 10.2. The summed E-state index contributed by atoms with van der Waals surface area (Å²) in [6.07, 6.45) is -1.96. The molecule has 1 fully saturated rings. The summed E-state index contributed by atoms with van der Waals surface area (Å²) < 4.78 is 43.3. The summed E-state index contributed by atoms with van der Waals surface area (Å²) in [5.74, 6) is 0.902. The van der Waals surface area contributed by atoms with E-state index >= 15 is 0 Å². The van der Waals surface area contributed by atoms with Gasteiger partial charge in [0.05, 0.1) is 18.9 Å². The molecule has 0 saturated carbocycles. The van der Waals surface area contributed by atoms with E-state index in [1.54, 1.807) is 25.8 Å². The summed E-state index contributed by atoms with van der Waals surface area (Å²) in [6, 6.07) is 4.64. The van der Waals surface area contributed by atoms with E-state index in [0.29, 0.717) is 30.7 Å². The summed E-state index contributed by atoms with van der Waals surface area (Å²) in [5.41, 5.74) is 1.74. The number of rotatable bonds is 4. The van der Waals surface area contributed by atoms with Gasteiger partial charge < -0.3 is 15.0 Å². The van der Waals surface area contributed by atoms with Gasteiger partial charge in [0.1, 0.15) is 5.60 Å². The molecule has 1 aromatic heterocycles. The fourth-order valence-corrected chi connectivity index (χ4v) is 2.53. The molecule has 11 heteroatoms. The maximum absolute atomic E-state index is 12.7. The van der Waals surface area contributed by atoms with Gasteiger partial charge in [-0.1, -0.05) is 0 Å². The second-order valence-electron chi connectivity index (χ2n) is 7.40. The van der Waals surface area contributed by atoms with Crippen LogP contribution in [0.5, 0.6) is 0 Å². The Kier molecular flexibility index (Phi) is 5.51. The summed E-state index contributed by atoms with van der Waals surface area (Å²) in [4.78, 5) is 22.1. The molecule has 1 saturated heterocycles. The molecular formula is C18H21F3N6O2. The number of nitrogens with one attached hydrogen (secondary N) is 2. The lowest BCUT2D eigenvalue weighted by Gasteiger charge is -2.42. The summed E-state index contributed by atoms with van der Waals surface area (Å²) >= 11 is 0. The minimum Gasteiger partial charge on any atom is -0.443 e. The van der Waals surface area contributed by atoms with E-state index < -0.39 is 23.4 Å². The first-order chi connectivity index (χ1) is 13.5. The molecule has 156 valence electrons. The standard InChI is InChI=1S/C18H21F3N6O2/c1-17(2,3)29-16(28)25-27-10-26(11-27)15-14(22-8-9-23-15)24-13-6-4-12(5-7-13)18(19,20)21/h4-9H,10-11H2,1-3H3,(H,22,24)(H,25,28). The van der Waals surface area contributed by atoms with Crippen LogP contribution in [0.2, 0.25) is 0 Å². The Bertz CT molecular complexity index is 861. The van der Waals surface area contributed by atoms with E-state index in [9.17, 15) is 18.0 Å². The molecule has 2 heterocycles. The number of halogens is 3. The van der Waals surface area contributed by atoms with Crippen LogP contribution in [0.1, 0.15) is 26.3 Å². The molecule has 1 amide bonds. The second-order valence-corrected chi connectivity index (χ2v) is 7.40. The van der Waals surface area contributed by atoms with Crippen LogP contribution in [-0.4, -0.2) is 40.0 Å². The average Bonchev–Trinajstić information content (AvgIpc) is 2.57. The van der Waals surface area contributed by atoms with Gasteiger partial charge in [0.15, 0.2) is 11.6 Å². The van der Waals surface area contributed by atoms with E-state index in [0.717, 1.165) is 12.1 Å². The van der Waals surface area contributed by atoms with Gasteiger partial charge in [-0.15, -0.1) is 0 Å². The van der Waals surface area contributed by atoms with Gasteiger partial charge in [-0.05, 0) is 45.0 Å². The number of amides is 1. The van der Waals surface area contributed by atoms with Crippen LogP contribution in [-0.2, 0) is 10.9 Å². The van der Waals surface area contributed by atoms with Crippen molar-refractivity contribution in [2.75, 3.05) is 23.6 Å². The van der Waals surface area contributed by atoms with Crippen LogP contribution < -0.4 is 15.6 Å². The third kappa shape index (κ3) is 5.47. The Balaban J connectivity index is 1.61. The number of hydrazine groups is 1. The molecule has 1 aliphatic rings. The number of carbonyl (C=O) groups is 1. The van der Waals surface area contributed by atoms with Crippen molar-refractivity contribution in [1.82, 2.24) is 20.4 Å². The SMILES string of the molecule is CC(C)(C)OC(=O)NN1CN(c2nccnc2Nc2ccc(C(F)(F)F)cc2)C1. The number of benzene rings is 1. The minimum atomic E-state index is -4.39. The van der Waals surface area contributed by atoms with Gasteiger partial charge in [0.2, 0.25) is 0 Å². The molecule has 1 aliphatic heterocycles. The number of nitrogens with zero attached hydrogens (tertiary/aromatic N) is 4. The van der Waals surface area contributed by atoms with E-state index in [2.05, 4.69) is 20.7 Å². The van der Waals surface area contributed by atoms with Crippen molar-refractivity contribution in [1.29, 1.82) is 0 Å². The molecule has 3 rings (SSSR count). The zero-order valence-corrected chi connectivity index (χ0v) is 16.1. The predicted molar refractivity (Wildman–Crippen MR) is 100 cm³/mol. The van der Waals surface area contributed by atoms with Crippen LogP contribution in [0.3, 0.4) is 0 Å². The first kappa shape index (κ1) is 20.6. The van der Waals surface area contributed by atoms with Gasteiger partial charge in [-0.3, -0.25) is 5.43 Å². The fraction of sp³-hybridized carbons (Fsp3) is 0.389. The van der Waals surface area contributed by atoms with Crippen LogP contribution >= 0.6 is 0 Å². The molecule has 29 heavy (non-hydrogen) atoms. The molecule has 0 radical (unpaired) electrons. The summed E-state index contributed by atoms with van der Waals surface area (Å²) in [7, 11) is 0. The van der Waals surface area contributed by atoms with Crippen LogP contribution in [0, 0.1) is 0 Å². The van der Waals surface area contributed by atoms with Crippen molar-refractivity contribution in [3.63, 3.8) is 0 Å². The largest absolute Gasteiger partial charge is 0.443 e. The zero-order valence-electron chi connectivity index (χ0n) is 16.1. The number of aromatic nitrogens is 2.